The highest BCUT2D eigenvalue weighted by molar-refractivity contribution is 8.14. The molecule has 152 valence electrons. The molecule has 1 aliphatic heterocycles. The van der Waals surface area contributed by atoms with E-state index in [0.717, 1.165) is 39.3 Å². The molecule has 1 aliphatic rings. The molecule has 0 spiro atoms. The van der Waals surface area contributed by atoms with Crippen LogP contribution in [-0.2, 0) is 4.79 Å². The molecule has 3 rings (SSSR count). The van der Waals surface area contributed by atoms with Gasteiger partial charge in [-0.15, -0.1) is 0 Å². The van der Waals surface area contributed by atoms with Gasteiger partial charge in [0.05, 0.1) is 18.0 Å². The zero-order valence-corrected chi connectivity index (χ0v) is 17.8. The number of carbonyl (C=O) groups excluding carboxylic acids is 1. The molecule has 0 aromatic heterocycles. The lowest BCUT2D eigenvalue weighted by Crippen LogP contribution is -2.25. The fraction of sp³-hybridized carbons (Fsp3) is 0.318. The Morgan fingerprint density at radius 3 is 2.52 bits per heavy atom. The monoisotopic (exact) mass is 410 g/mol. The highest BCUT2D eigenvalue weighted by atomic mass is 32.2. The van der Waals surface area contributed by atoms with Crippen LogP contribution in [0.5, 0.6) is 5.75 Å². The molecule has 0 saturated heterocycles. The third kappa shape index (κ3) is 6.35. The Labute approximate surface area is 175 Å². The van der Waals surface area contributed by atoms with Crippen LogP contribution in [0.25, 0.3) is 0 Å². The number of amides is 1. The molecule has 29 heavy (non-hydrogen) atoms. The summed E-state index contributed by atoms with van der Waals surface area (Å²) in [6, 6.07) is 15.4. The van der Waals surface area contributed by atoms with Crippen molar-refractivity contribution in [2.24, 2.45) is 16.0 Å². The lowest BCUT2D eigenvalue weighted by atomic mass is 10.1. The van der Waals surface area contributed by atoms with Crippen molar-refractivity contribution in [3.63, 3.8) is 0 Å². The third-order valence-corrected chi connectivity index (χ3v) is 4.98. The molecule has 1 heterocycles. The predicted octanol–water partition coefficient (Wildman–Crippen LogP) is 4.80. The van der Waals surface area contributed by atoms with Gasteiger partial charge in [0.1, 0.15) is 5.75 Å². The second-order valence-corrected chi connectivity index (χ2v) is 7.99. The van der Waals surface area contributed by atoms with E-state index in [9.17, 15) is 4.79 Å². The number of nitrogens with zero attached hydrogens (tertiary/aromatic N) is 2. The molecule has 0 radical (unpaired) electrons. The predicted molar refractivity (Wildman–Crippen MR) is 121 cm³/mol. The number of hydrazone groups is 1. The summed E-state index contributed by atoms with van der Waals surface area (Å²) in [6.45, 7) is 6.67. The van der Waals surface area contributed by atoms with Crippen LogP contribution in [-0.4, -0.2) is 29.1 Å². The largest absolute Gasteiger partial charge is 0.494 e. The molecule has 7 heteroatoms. The number of carbonyl (C=O) groups is 1. The number of hydrogen-bond donors (Lipinski definition) is 2. The van der Waals surface area contributed by atoms with Gasteiger partial charge in [-0.25, -0.2) is 4.99 Å². The molecule has 2 aromatic rings. The maximum atomic E-state index is 11.9. The number of nitrogens with one attached hydrogen (secondary N) is 2. The number of ether oxygens (including phenoxy) is 1. The van der Waals surface area contributed by atoms with E-state index < -0.39 is 0 Å². The van der Waals surface area contributed by atoms with E-state index in [-0.39, 0.29) is 5.91 Å². The van der Waals surface area contributed by atoms with E-state index in [1.165, 1.54) is 0 Å². The van der Waals surface area contributed by atoms with Crippen molar-refractivity contribution in [2.45, 2.75) is 27.2 Å². The fourth-order valence-electron chi connectivity index (χ4n) is 2.75. The van der Waals surface area contributed by atoms with Gasteiger partial charge in [-0.05, 0) is 54.8 Å². The second-order valence-electron chi connectivity index (χ2n) is 7.03. The average Bonchev–Trinajstić information content (AvgIpc) is 2.70. The fourth-order valence-corrected chi connectivity index (χ4v) is 3.54. The standard InChI is InChI=1S/C22H26N4O2S/c1-4-28-19-11-9-18(10-12-19)24-22-26-25-20(14-29-22)16-5-7-17(8-6-16)23-21(27)13-15(2)3/h5-12,15H,4,13-14H2,1-3H3,(H,23,27)(H,24,26). The Morgan fingerprint density at radius 2 is 1.93 bits per heavy atom. The summed E-state index contributed by atoms with van der Waals surface area (Å²) in [6.07, 6.45) is 0.519. The first-order valence-corrected chi connectivity index (χ1v) is 10.7. The van der Waals surface area contributed by atoms with Gasteiger partial charge < -0.3 is 10.1 Å². The summed E-state index contributed by atoms with van der Waals surface area (Å²) < 4.78 is 5.45. The van der Waals surface area contributed by atoms with Gasteiger partial charge in [-0.2, -0.15) is 5.10 Å². The highest BCUT2D eigenvalue weighted by Gasteiger charge is 2.13. The molecular weight excluding hydrogens is 384 g/mol. The van der Waals surface area contributed by atoms with Gasteiger partial charge in [0.2, 0.25) is 5.91 Å². The van der Waals surface area contributed by atoms with Crippen molar-refractivity contribution < 1.29 is 9.53 Å². The van der Waals surface area contributed by atoms with Crippen molar-refractivity contribution in [1.29, 1.82) is 0 Å². The van der Waals surface area contributed by atoms with Crippen LogP contribution in [0, 0.1) is 5.92 Å². The maximum absolute atomic E-state index is 11.9. The molecule has 0 fully saturated rings. The van der Waals surface area contributed by atoms with Gasteiger partial charge in [0.25, 0.3) is 0 Å². The minimum absolute atomic E-state index is 0.0371. The van der Waals surface area contributed by atoms with Gasteiger partial charge in [0.15, 0.2) is 5.17 Å². The van der Waals surface area contributed by atoms with E-state index >= 15 is 0 Å². The Kier molecular flexibility index (Phi) is 7.30. The molecule has 6 nitrogen and oxygen atoms in total. The Hall–Kier alpha value is -2.80. The molecule has 0 atom stereocenters. The number of anilines is 1. The summed E-state index contributed by atoms with van der Waals surface area (Å²) in [7, 11) is 0. The molecule has 0 unspecified atom stereocenters. The van der Waals surface area contributed by atoms with E-state index in [1.807, 2.05) is 69.3 Å². The molecule has 0 bridgehead atoms. The van der Waals surface area contributed by atoms with Gasteiger partial charge in [-0.1, -0.05) is 37.7 Å². The smallest absolute Gasteiger partial charge is 0.224 e. The Morgan fingerprint density at radius 1 is 1.21 bits per heavy atom. The van der Waals surface area contributed by atoms with Crippen molar-refractivity contribution in [1.82, 2.24) is 5.43 Å². The maximum Gasteiger partial charge on any atom is 0.224 e. The molecular formula is C22H26N4O2S. The van der Waals surface area contributed by atoms with Crippen molar-refractivity contribution in [3.8, 4) is 5.75 Å². The van der Waals surface area contributed by atoms with Crippen molar-refractivity contribution in [2.75, 3.05) is 17.7 Å². The normalized spacial score (nSPS) is 15.0. The number of benzene rings is 2. The summed E-state index contributed by atoms with van der Waals surface area (Å²) in [5.74, 6) is 1.94. The van der Waals surface area contributed by atoms with Crippen LogP contribution in [0.2, 0.25) is 0 Å². The molecule has 0 saturated carbocycles. The second kappa shape index (κ2) is 10.1. The van der Waals surface area contributed by atoms with Crippen LogP contribution in [0.4, 0.5) is 11.4 Å². The number of rotatable bonds is 7. The molecule has 0 aliphatic carbocycles. The highest BCUT2D eigenvalue weighted by Crippen LogP contribution is 2.22. The number of amidine groups is 1. The minimum atomic E-state index is 0.0371. The van der Waals surface area contributed by atoms with Gasteiger partial charge in [0, 0.05) is 17.9 Å². The van der Waals surface area contributed by atoms with Crippen molar-refractivity contribution >= 4 is 39.9 Å². The summed E-state index contributed by atoms with van der Waals surface area (Å²) in [4.78, 5) is 16.5. The minimum Gasteiger partial charge on any atom is -0.494 e. The van der Waals surface area contributed by atoms with Crippen LogP contribution >= 0.6 is 11.8 Å². The topological polar surface area (TPSA) is 75.1 Å². The lowest BCUT2D eigenvalue weighted by molar-refractivity contribution is -0.116. The number of thioether (sulfide) groups is 1. The van der Waals surface area contributed by atoms with E-state index in [2.05, 4.69) is 20.8 Å². The SMILES string of the molecule is CCOc1ccc(N=C2NN=C(c3ccc(NC(=O)CC(C)C)cc3)CS2)cc1. The first kappa shape index (κ1) is 20.9. The number of hydrogen-bond acceptors (Lipinski definition) is 5. The summed E-state index contributed by atoms with van der Waals surface area (Å²) in [5, 5.41) is 8.14. The van der Waals surface area contributed by atoms with Gasteiger partial charge in [-0.3, -0.25) is 10.2 Å². The van der Waals surface area contributed by atoms with Gasteiger partial charge >= 0.3 is 0 Å². The van der Waals surface area contributed by atoms with Crippen LogP contribution in [0.3, 0.4) is 0 Å². The van der Waals surface area contributed by atoms with E-state index in [1.54, 1.807) is 11.8 Å². The van der Waals surface area contributed by atoms with E-state index in [0.29, 0.717) is 18.9 Å². The zero-order chi connectivity index (χ0) is 20.6. The number of aliphatic imine (C=N–C) groups is 1. The first-order chi connectivity index (χ1) is 14.0. The lowest BCUT2D eigenvalue weighted by Gasteiger charge is -2.15. The molecule has 2 aromatic carbocycles. The van der Waals surface area contributed by atoms with E-state index in [4.69, 9.17) is 4.74 Å². The molecule has 1 amide bonds. The average molecular weight is 411 g/mol. The Bertz CT molecular complexity index is 890. The quantitative estimate of drug-likeness (QED) is 0.688. The third-order valence-electron chi connectivity index (χ3n) is 4.11. The van der Waals surface area contributed by atoms with Crippen LogP contribution < -0.4 is 15.5 Å². The van der Waals surface area contributed by atoms with Crippen LogP contribution in [0.15, 0.2) is 58.6 Å². The first-order valence-electron chi connectivity index (χ1n) is 9.70. The van der Waals surface area contributed by atoms with Crippen LogP contribution in [0.1, 0.15) is 32.8 Å². The molecule has 2 N–H and O–H groups in total. The van der Waals surface area contributed by atoms with Crippen molar-refractivity contribution in [3.05, 3.63) is 54.1 Å². The zero-order valence-electron chi connectivity index (χ0n) is 16.9. The summed E-state index contributed by atoms with van der Waals surface area (Å²) >= 11 is 1.60. The summed E-state index contributed by atoms with van der Waals surface area (Å²) in [5.41, 5.74) is 6.64. The Balaban J connectivity index is 1.59.